The Morgan fingerprint density at radius 3 is 2.73 bits per heavy atom. The number of hydrogen-bond acceptors (Lipinski definition) is 2. The van der Waals surface area contributed by atoms with E-state index in [1.807, 2.05) is 0 Å². The van der Waals surface area contributed by atoms with Crippen molar-refractivity contribution in [1.29, 1.82) is 0 Å². The predicted octanol–water partition coefficient (Wildman–Crippen LogP) is 2.19. The maximum atomic E-state index is 5.55. The van der Waals surface area contributed by atoms with Crippen molar-refractivity contribution >= 4 is 0 Å². The van der Waals surface area contributed by atoms with Crippen LogP contribution in [-0.2, 0) is 4.74 Å². The molecular weight excluding hydrogens is 186 g/mol. The summed E-state index contributed by atoms with van der Waals surface area (Å²) in [5.74, 6) is 3.57. The van der Waals surface area contributed by atoms with Crippen LogP contribution in [0.3, 0.4) is 0 Å². The van der Waals surface area contributed by atoms with Crippen LogP contribution in [0, 0.1) is 18.3 Å². The van der Waals surface area contributed by atoms with E-state index in [1.54, 1.807) is 0 Å². The third-order valence-electron chi connectivity index (χ3n) is 3.07. The summed E-state index contributed by atoms with van der Waals surface area (Å²) in [6.45, 7) is 6.05. The van der Waals surface area contributed by atoms with E-state index < -0.39 is 0 Å². The van der Waals surface area contributed by atoms with E-state index in [0.717, 1.165) is 25.5 Å². The first kappa shape index (κ1) is 12.5. The number of terminal acetylenes is 1. The third-order valence-corrected chi connectivity index (χ3v) is 3.07. The maximum Gasteiger partial charge on any atom is 0.0580 e. The van der Waals surface area contributed by atoms with Crippen molar-refractivity contribution in [2.75, 3.05) is 13.2 Å². The zero-order chi connectivity index (χ0) is 11.1. The summed E-state index contributed by atoms with van der Waals surface area (Å²) in [4.78, 5) is 0. The van der Waals surface area contributed by atoms with Crippen molar-refractivity contribution in [3.05, 3.63) is 0 Å². The molecule has 1 aliphatic carbocycles. The molecule has 0 bridgehead atoms. The van der Waals surface area contributed by atoms with Gasteiger partial charge in [0.25, 0.3) is 0 Å². The van der Waals surface area contributed by atoms with Crippen LogP contribution in [0.4, 0.5) is 0 Å². The molecule has 1 atom stereocenters. The summed E-state index contributed by atoms with van der Waals surface area (Å²) in [6, 6.07) is 0.507. The molecule has 1 N–H and O–H groups in total. The Hall–Kier alpha value is -0.520. The summed E-state index contributed by atoms with van der Waals surface area (Å²) in [5.41, 5.74) is 0. The zero-order valence-electron chi connectivity index (χ0n) is 9.96. The molecule has 0 aromatic heterocycles. The van der Waals surface area contributed by atoms with Gasteiger partial charge in [0.1, 0.15) is 0 Å². The Bertz CT molecular complexity index is 203. The Labute approximate surface area is 93.8 Å². The van der Waals surface area contributed by atoms with Gasteiger partial charge in [0.05, 0.1) is 6.10 Å². The van der Waals surface area contributed by atoms with Crippen LogP contribution in [0.2, 0.25) is 0 Å². The van der Waals surface area contributed by atoms with Gasteiger partial charge < -0.3 is 10.1 Å². The van der Waals surface area contributed by atoms with Crippen LogP contribution in [0.25, 0.3) is 0 Å². The molecule has 2 nitrogen and oxygen atoms in total. The van der Waals surface area contributed by atoms with Crippen molar-refractivity contribution in [1.82, 2.24) is 5.32 Å². The predicted molar refractivity (Wildman–Crippen MR) is 63.7 cm³/mol. The summed E-state index contributed by atoms with van der Waals surface area (Å²) < 4.78 is 5.55. The first-order valence-corrected chi connectivity index (χ1v) is 6.08. The monoisotopic (exact) mass is 209 g/mol. The highest BCUT2D eigenvalue weighted by Crippen LogP contribution is 2.33. The molecule has 2 heteroatoms. The van der Waals surface area contributed by atoms with Crippen LogP contribution in [0.1, 0.15) is 39.5 Å². The lowest BCUT2D eigenvalue weighted by Gasteiger charge is -2.36. The molecule has 1 rings (SSSR count). The highest BCUT2D eigenvalue weighted by molar-refractivity contribution is 4.92. The molecule has 0 aliphatic heterocycles. The lowest BCUT2D eigenvalue weighted by atomic mass is 9.78. The molecule has 86 valence electrons. The first-order chi connectivity index (χ1) is 7.30. The summed E-state index contributed by atoms with van der Waals surface area (Å²) in [6.07, 6.45) is 10.4. The van der Waals surface area contributed by atoms with Crippen molar-refractivity contribution in [3.8, 4) is 12.3 Å². The smallest absolute Gasteiger partial charge is 0.0580 e. The molecule has 0 heterocycles. The second-order valence-electron chi connectivity index (χ2n) is 4.31. The first-order valence-electron chi connectivity index (χ1n) is 6.08. The van der Waals surface area contributed by atoms with E-state index in [0.29, 0.717) is 12.1 Å². The standard InChI is InChI=1S/C13H23NO/c1-4-7-12(14-5-2)8-11-9-13(10-11)15-6-3/h1,11-14H,5-10H2,2-3H3. The van der Waals surface area contributed by atoms with Crippen molar-refractivity contribution in [2.45, 2.75) is 51.7 Å². The molecule has 1 unspecified atom stereocenters. The van der Waals surface area contributed by atoms with E-state index in [-0.39, 0.29) is 0 Å². The number of hydrogen-bond donors (Lipinski definition) is 1. The van der Waals surface area contributed by atoms with Crippen LogP contribution < -0.4 is 5.32 Å². The quantitative estimate of drug-likeness (QED) is 0.649. The largest absolute Gasteiger partial charge is 0.378 e. The molecular formula is C13H23NO. The average molecular weight is 209 g/mol. The molecule has 0 spiro atoms. The summed E-state index contributed by atoms with van der Waals surface area (Å²) in [7, 11) is 0. The van der Waals surface area contributed by atoms with Crippen LogP contribution in [0.15, 0.2) is 0 Å². The molecule has 1 aliphatic rings. The van der Waals surface area contributed by atoms with Crippen molar-refractivity contribution < 1.29 is 4.74 Å². The fourth-order valence-electron chi connectivity index (χ4n) is 2.31. The van der Waals surface area contributed by atoms with Gasteiger partial charge in [0.15, 0.2) is 0 Å². The number of rotatable bonds is 7. The molecule has 0 aromatic rings. The van der Waals surface area contributed by atoms with Crippen molar-refractivity contribution in [3.63, 3.8) is 0 Å². The van der Waals surface area contributed by atoms with Gasteiger partial charge in [-0.15, -0.1) is 12.3 Å². The molecule has 0 radical (unpaired) electrons. The Balaban J connectivity index is 2.15. The lowest BCUT2D eigenvalue weighted by molar-refractivity contribution is -0.0288. The molecule has 1 fully saturated rings. The van der Waals surface area contributed by atoms with Gasteiger partial charge in [-0.3, -0.25) is 0 Å². The number of nitrogens with one attached hydrogen (secondary N) is 1. The fourth-order valence-corrected chi connectivity index (χ4v) is 2.31. The lowest BCUT2D eigenvalue weighted by Crippen LogP contribution is -2.38. The van der Waals surface area contributed by atoms with E-state index >= 15 is 0 Å². The van der Waals surface area contributed by atoms with Crippen molar-refractivity contribution in [2.24, 2.45) is 5.92 Å². The van der Waals surface area contributed by atoms with Crippen LogP contribution in [0.5, 0.6) is 0 Å². The molecule has 0 saturated heterocycles. The van der Waals surface area contributed by atoms with Gasteiger partial charge in [0, 0.05) is 19.1 Å². The normalized spacial score (nSPS) is 26.7. The molecule has 0 amide bonds. The topological polar surface area (TPSA) is 21.3 Å². The minimum Gasteiger partial charge on any atom is -0.378 e. The summed E-state index contributed by atoms with van der Waals surface area (Å²) in [5, 5.41) is 3.45. The zero-order valence-corrected chi connectivity index (χ0v) is 9.96. The van der Waals surface area contributed by atoms with Gasteiger partial charge in [0.2, 0.25) is 0 Å². The van der Waals surface area contributed by atoms with Gasteiger partial charge in [-0.05, 0) is 38.6 Å². The SMILES string of the molecule is C#CCC(CC1CC(OCC)C1)NCC. The third kappa shape index (κ3) is 4.24. The second-order valence-corrected chi connectivity index (χ2v) is 4.31. The molecule has 1 saturated carbocycles. The molecule has 15 heavy (non-hydrogen) atoms. The minimum atomic E-state index is 0.507. The van der Waals surface area contributed by atoms with Gasteiger partial charge in [-0.2, -0.15) is 0 Å². The van der Waals surface area contributed by atoms with Crippen LogP contribution in [-0.4, -0.2) is 25.3 Å². The van der Waals surface area contributed by atoms with E-state index in [2.05, 4.69) is 25.1 Å². The highest BCUT2D eigenvalue weighted by atomic mass is 16.5. The van der Waals surface area contributed by atoms with E-state index in [9.17, 15) is 0 Å². The Kier molecular flexibility index (Phi) is 5.75. The highest BCUT2D eigenvalue weighted by Gasteiger charge is 2.30. The van der Waals surface area contributed by atoms with E-state index in [1.165, 1.54) is 19.3 Å². The van der Waals surface area contributed by atoms with E-state index in [4.69, 9.17) is 11.2 Å². The van der Waals surface area contributed by atoms with Gasteiger partial charge in [-0.25, -0.2) is 0 Å². The fraction of sp³-hybridized carbons (Fsp3) is 0.846. The van der Waals surface area contributed by atoms with Gasteiger partial charge >= 0.3 is 0 Å². The summed E-state index contributed by atoms with van der Waals surface area (Å²) >= 11 is 0. The van der Waals surface area contributed by atoms with Gasteiger partial charge in [-0.1, -0.05) is 6.92 Å². The Morgan fingerprint density at radius 1 is 1.47 bits per heavy atom. The second kappa shape index (κ2) is 6.87. The average Bonchev–Trinajstić information content (AvgIpc) is 2.15. The van der Waals surface area contributed by atoms with Crippen LogP contribution >= 0.6 is 0 Å². The minimum absolute atomic E-state index is 0.507. The number of ether oxygens (including phenoxy) is 1. The maximum absolute atomic E-state index is 5.55. The molecule has 0 aromatic carbocycles. The Morgan fingerprint density at radius 2 is 2.20 bits per heavy atom.